The monoisotopic (exact) mass is 281 g/mol. The average molecular weight is 281 g/mol. The number of aliphatic hydroxyl groups is 1. The van der Waals surface area contributed by atoms with Crippen LogP contribution in [0.3, 0.4) is 0 Å². The van der Waals surface area contributed by atoms with Gasteiger partial charge in [0.05, 0.1) is 12.2 Å². The van der Waals surface area contributed by atoms with Crippen LogP contribution in [0.15, 0.2) is 6.20 Å². The summed E-state index contributed by atoms with van der Waals surface area (Å²) in [6.45, 7) is 6.71. The van der Waals surface area contributed by atoms with E-state index in [-0.39, 0.29) is 18.6 Å². The number of aromatic nitrogens is 2. The normalized spacial score (nSPS) is 18.9. The molecule has 0 saturated heterocycles. The van der Waals surface area contributed by atoms with Crippen molar-refractivity contribution in [3.8, 4) is 0 Å². The largest absolute Gasteiger partial charge is 0.444 e. The maximum atomic E-state index is 12.2. The molecule has 0 fully saturated rings. The Hall–Kier alpha value is -1.56. The van der Waals surface area contributed by atoms with Crippen molar-refractivity contribution >= 4 is 6.09 Å². The van der Waals surface area contributed by atoms with Gasteiger partial charge in [0.1, 0.15) is 5.60 Å². The molecule has 2 rings (SSSR count). The van der Waals surface area contributed by atoms with Crippen molar-refractivity contribution in [3.63, 3.8) is 0 Å². The lowest BCUT2D eigenvalue weighted by molar-refractivity contribution is 0.0198. The van der Waals surface area contributed by atoms with Gasteiger partial charge in [-0.05, 0) is 27.2 Å². The van der Waals surface area contributed by atoms with E-state index in [0.717, 1.165) is 11.3 Å². The second-order valence-electron chi connectivity index (χ2n) is 6.28. The molecule has 112 valence electrons. The predicted octanol–water partition coefficient (Wildman–Crippen LogP) is 1.64. The smallest absolute Gasteiger partial charge is 0.410 e. The van der Waals surface area contributed by atoms with Crippen molar-refractivity contribution in [2.24, 2.45) is 7.05 Å². The molecule has 20 heavy (non-hydrogen) atoms. The van der Waals surface area contributed by atoms with Gasteiger partial charge in [-0.2, -0.15) is 5.10 Å². The maximum Gasteiger partial charge on any atom is 0.410 e. The highest BCUT2D eigenvalue weighted by atomic mass is 16.6. The van der Waals surface area contributed by atoms with Crippen LogP contribution in [0.2, 0.25) is 0 Å². The second kappa shape index (κ2) is 5.44. The number of rotatable bonds is 2. The molecule has 0 radical (unpaired) electrons. The molecule has 1 aromatic rings. The van der Waals surface area contributed by atoms with E-state index in [1.807, 2.05) is 34.0 Å². The molecule has 6 heteroatoms. The standard InChI is InChI=1S/C14H23N3O3/c1-14(2,3)20-13(19)17-8-10(5-6-18)12-11(9-17)7-16(4)15-12/h7,10,18H,5-6,8-9H2,1-4H3. The molecule has 1 atom stereocenters. The predicted molar refractivity (Wildman–Crippen MR) is 74.3 cm³/mol. The van der Waals surface area contributed by atoms with Crippen LogP contribution in [0.5, 0.6) is 0 Å². The first-order valence-electron chi connectivity index (χ1n) is 6.91. The molecule has 1 amide bonds. The van der Waals surface area contributed by atoms with Crippen LogP contribution < -0.4 is 0 Å². The van der Waals surface area contributed by atoms with Crippen molar-refractivity contribution in [2.75, 3.05) is 13.2 Å². The molecule has 1 aliphatic rings. The fourth-order valence-corrected chi connectivity index (χ4v) is 2.49. The Kier molecular flexibility index (Phi) is 4.04. The van der Waals surface area contributed by atoms with Crippen molar-refractivity contribution in [1.29, 1.82) is 0 Å². The quantitative estimate of drug-likeness (QED) is 0.894. The summed E-state index contributed by atoms with van der Waals surface area (Å²) in [5.41, 5.74) is 1.52. The zero-order valence-corrected chi connectivity index (χ0v) is 12.6. The van der Waals surface area contributed by atoms with E-state index in [0.29, 0.717) is 19.5 Å². The van der Waals surface area contributed by atoms with Gasteiger partial charge >= 0.3 is 6.09 Å². The topological polar surface area (TPSA) is 67.6 Å². The summed E-state index contributed by atoms with van der Waals surface area (Å²) in [6, 6.07) is 0. The number of fused-ring (bicyclic) bond motifs is 1. The van der Waals surface area contributed by atoms with Crippen LogP contribution in [0, 0.1) is 0 Å². The Balaban J connectivity index is 2.17. The minimum atomic E-state index is -0.501. The van der Waals surface area contributed by atoms with Crippen LogP contribution in [0.1, 0.15) is 44.4 Å². The lowest BCUT2D eigenvalue weighted by Crippen LogP contribution is -2.41. The van der Waals surface area contributed by atoms with Gasteiger partial charge in [0.25, 0.3) is 0 Å². The molecule has 6 nitrogen and oxygen atoms in total. The first kappa shape index (κ1) is 14.8. The number of hydrogen-bond donors (Lipinski definition) is 1. The van der Waals surface area contributed by atoms with E-state index in [4.69, 9.17) is 4.74 Å². The average Bonchev–Trinajstić information content (AvgIpc) is 2.67. The van der Waals surface area contributed by atoms with E-state index in [1.54, 1.807) is 9.58 Å². The molecule has 0 saturated carbocycles. The van der Waals surface area contributed by atoms with Crippen LogP contribution in [0.4, 0.5) is 4.79 Å². The molecular formula is C14H23N3O3. The first-order chi connectivity index (χ1) is 9.30. The number of carbonyl (C=O) groups excluding carboxylic acids is 1. The van der Waals surface area contributed by atoms with Crippen LogP contribution >= 0.6 is 0 Å². The van der Waals surface area contributed by atoms with E-state index in [1.165, 1.54) is 0 Å². The van der Waals surface area contributed by atoms with Crippen molar-refractivity contribution < 1.29 is 14.6 Å². The summed E-state index contributed by atoms with van der Waals surface area (Å²) < 4.78 is 7.18. The minimum absolute atomic E-state index is 0.0671. The van der Waals surface area contributed by atoms with Gasteiger partial charge in [-0.3, -0.25) is 4.68 Å². The number of ether oxygens (including phenoxy) is 1. The third-order valence-corrected chi connectivity index (χ3v) is 3.26. The van der Waals surface area contributed by atoms with Gasteiger partial charge < -0.3 is 14.7 Å². The summed E-state index contributed by atoms with van der Waals surface area (Å²) >= 11 is 0. The van der Waals surface area contributed by atoms with E-state index >= 15 is 0 Å². The van der Waals surface area contributed by atoms with Gasteiger partial charge in [0, 0.05) is 37.9 Å². The third-order valence-electron chi connectivity index (χ3n) is 3.26. The molecule has 0 bridgehead atoms. The molecule has 1 aliphatic heterocycles. The fraction of sp³-hybridized carbons (Fsp3) is 0.714. The zero-order valence-electron chi connectivity index (χ0n) is 12.6. The Morgan fingerprint density at radius 3 is 2.85 bits per heavy atom. The van der Waals surface area contributed by atoms with Crippen LogP contribution in [-0.4, -0.2) is 44.6 Å². The summed E-state index contributed by atoms with van der Waals surface area (Å²) in [6.07, 6.45) is 2.22. The summed E-state index contributed by atoms with van der Waals surface area (Å²) in [5, 5.41) is 13.6. The number of carbonyl (C=O) groups is 1. The third kappa shape index (κ3) is 3.30. The summed E-state index contributed by atoms with van der Waals surface area (Å²) in [4.78, 5) is 13.9. The van der Waals surface area contributed by atoms with E-state index < -0.39 is 5.60 Å². The zero-order chi connectivity index (χ0) is 14.9. The Bertz CT molecular complexity index is 490. The van der Waals surface area contributed by atoms with Gasteiger partial charge in [-0.15, -0.1) is 0 Å². The Morgan fingerprint density at radius 2 is 2.25 bits per heavy atom. The SMILES string of the molecule is Cn1cc2c(n1)C(CCO)CN(C(=O)OC(C)(C)C)C2. The highest BCUT2D eigenvalue weighted by Crippen LogP contribution is 2.30. The van der Waals surface area contributed by atoms with Gasteiger partial charge in [0.15, 0.2) is 0 Å². The molecule has 1 unspecified atom stereocenters. The molecular weight excluding hydrogens is 258 g/mol. The highest BCUT2D eigenvalue weighted by Gasteiger charge is 2.32. The lowest BCUT2D eigenvalue weighted by Gasteiger charge is -2.33. The fourth-order valence-electron chi connectivity index (χ4n) is 2.49. The highest BCUT2D eigenvalue weighted by molar-refractivity contribution is 5.68. The molecule has 1 N–H and O–H groups in total. The molecule has 1 aromatic heterocycles. The number of nitrogens with zero attached hydrogens (tertiary/aromatic N) is 3. The van der Waals surface area contributed by atoms with E-state index in [9.17, 15) is 9.90 Å². The van der Waals surface area contributed by atoms with Crippen molar-refractivity contribution in [1.82, 2.24) is 14.7 Å². The van der Waals surface area contributed by atoms with Gasteiger partial charge in [0.2, 0.25) is 0 Å². The van der Waals surface area contributed by atoms with E-state index in [2.05, 4.69) is 5.10 Å². The molecule has 0 spiro atoms. The number of aliphatic hydroxyl groups excluding tert-OH is 1. The van der Waals surface area contributed by atoms with Crippen molar-refractivity contribution in [2.45, 2.75) is 45.3 Å². The second-order valence-corrected chi connectivity index (χ2v) is 6.28. The summed E-state index contributed by atoms with van der Waals surface area (Å²) in [7, 11) is 1.87. The van der Waals surface area contributed by atoms with Crippen LogP contribution in [0.25, 0.3) is 0 Å². The number of hydrogen-bond acceptors (Lipinski definition) is 4. The number of amides is 1. The maximum absolute atomic E-state index is 12.2. The Morgan fingerprint density at radius 1 is 1.55 bits per heavy atom. The Labute approximate surface area is 119 Å². The minimum Gasteiger partial charge on any atom is -0.444 e. The van der Waals surface area contributed by atoms with Crippen molar-refractivity contribution in [3.05, 3.63) is 17.5 Å². The van der Waals surface area contributed by atoms with Crippen LogP contribution in [-0.2, 0) is 18.3 Å². The lowest BCUT2D eigenvalue weighted by atomic mass is 9.94. The molecule has 2 heterocycles. The summed E-state index contributed by atoms with van der Waals surface area (Å²) in [5.74, 6) is 0.0671. The van der Waals surface area contributed by atoms with Gasteiger partial charge in [-0.25, -0.2) is 4.79 Å². The first-order valence-corrected chi connectivity index (χ1v) is 6.91. The van der Waals surface area contributed by atoms with Gasteiger partial charge in [-0.1, -0.05) is 0 Å². The number of aryl methyl sites for hydroxylation is 1. The molecule has 0 aromatic carbocycles. The molecule has 0 aliphatic carbocycles.